The lowest BCUT2D eigenvalue weighted by Crippen LogP contribution is -2.40. The Morgan fingerprint density at radius 1 is 1.02 bits per heavy atom. The number of ether oxygens (including phenoxy) is 2. The average Bonchev–Trinajstić information content (AvgIpc) is 3.88. The van der Waals surface area contributed by atoms with E-state index in [0.29, 0.717) is 35.4 Å². The lowest BCUT2D eigenvalue weighted by Gasteiger charge is -2.28. The number of aromatic nitrogens is 3. The first-order chi connectivity index (χ1) is 22.9. The first-order valence-electron chi connectivity index (χ1n) is 16.0. The highest BCUT2D eigenvalue weighted by atomic mass is 16.5. The second-order valence-corrected chi connectivity index (χ2v) is 13.4. The van der Waals surface area contributed by atoms with Crippen molar-refractivity contribution in [1.82, 2.24) is 20.3 Å². The minimum absolute atomic E-state index is 0.00429. The molecule has 7 heterocycles. The Bertz CT molecular complexity index is 2310. The molecule has 10 nitrogen and oxygen atoms in total. The number of oxazole rings is 2. The smallest absolute Gasteiger partial charge is 0.249 e. The molecule has 1 spiro atoms. The summed E-state index contributed by atoms with van der Waals surface area (Å²) in [5, 5.41) is 8.00. The largest absolute Gasteiger partial charge is 0.495 e. The zero-order valence-corrected chi connectivity index (χ0v) is 26.2. The van der Waals surface area contributed by atoms with Crippen molar-refractivity contribution in [2.75, 3.05) is 12.4 Å². The van der Waals surface area contributed by atoms with Gasteiger partial charge in [0.2, 0.25) is 17.7 Å². The third-order valence-corrected chi connectivity index (χ3v) is 10.4. The molecule has 3 aromatic heterocycles. The van der Waals surface area contributed by atoms with E-state index in [4.69, 9.17) is 28.3 Å². The van der Waals surface area contributed by atoms with Gasteiger partial charge >= 0.3 is 0 Å². The van der Waals surface area contributed by atoms with E-state index >= 15 is 0 Å². The van der Waals surface area contributed by atoms with Gasteiger partial charge in [-0.15, -0.1) is 0 Å². The van der Waals surface area contributed by atoms with E-state index in [-0.39, 0.29) is 17.7 Å². The van der Waals surface area contributed by atoms with Crippen molar-refractivity contribution in [3.8, 4) is 45.5 Å². The SMILES string of the molecule is COc1ccc2c3c(c[nH]c13)-c1cnc(o1)-c1nc3oc1C14c5cc(ccc5O[C@@H]1Nc1c-2cccc14)C[C@H](C)C(=O)N[C@H]3C(C)C. The number of rotatable bonds is 2. The number of hydrogen-bond donors (Lipinski definition) is 3. The maximum Gasteiger partial charge on any atom is 0.249 e. The molecule has 0 fully saturated rings. The van der Waals surface area contributed by atoms with Crippen molar-refractivity contribution in [2.45, 2.75) is 44.9 Å². The fourth-order valence-corrected chi connectivity index (χ4v) is 8.11. The first kappa shape index (κ1) is 26.7. The summed E-state index contributed by atoms with van der Waals surface area (Å²) in [7, 11) is 1.67. The van der Waals surface area contributed by atoms with Crippen LogP contribution in [0.5, 0.6) is 11.5 Å². The van der Waals surface area contributed by atoms with Crippen LogP contribution < -0.4 is 20.1 Å². The number of aromatic amines is 1. The number of carbonyl (C=O) groups excluding carboxylic acids is 1. The van der Waals surface area contributed by atoms with Crippen LogP contribution in [-0.2, 0) is 16.6 Å². The molecule has 4 atom stereocenters. The molecule has 10 heteroatoms. The van der Waals surface area contributed by atoms with Crippen LogP contribution in [0.25, 0.3) is 44.9 Å². The number of carbonyl (C=O) groups is 1. The summed E-state index contributed by atoms with van der Waals surface area (Å²) in [5.74, 6) is 3.02. The standard InChI is InChI=1S/C37H31N5O5/c1-16(2)28-35-41-31-32(47-35)37-22-7-5-6-20(19-9-11-25(44-4)30-27(19)21(14-38-30)26-15-39-34(31)45-26)29(22)42-36(37)46-24-10-8-18(13-23(24)37)12-17(3)33(43)40-28/h5-11,13-17,28,36,38,42H,12H2,1-4H3,(H,40,43)/t17-,28-,36-,37?/m0/s1. The van der Waals surface area contributed by atoms with Gasteiger partial charge in [0.25, 0.3) is 0 Å². The van der Waals surface area contributed by atoms with Crippen molar-refractivity contribution in [2.24, 2.45) is 11.8 Å². The molecule has 3 aromatic carbocycles. The number of nitrogens with zero attached hydrogens (tertiary/aromatic N) is 2. The summed E-state index contributed by atoms with van der Waals surface area (Å²) in [6.45, 7) is 6.07. The number of H-pyrrole nitrogens is 1. The summed E-state index contributed by atoms with van der Waals surface area (Å²) >= 11 is 0. The molecule has 6 aromatic rings. The van der Waals surface area contributed by atoms with Crippen LogP contribution in [0, 0.1) is 11.8 Å². The Balaban J connectivity index is 1.38. The third-order valence-electron chi connectivity index (χ3n) is 10.4. The molecular formula is C37H31N5O5. The summed E-state index contributed by atoms with van der Waals surface area (Å²) in [5.41, 5.74) is 7.21. The second kappa shape index (κ2) is 9.06. The van der Waals surface area contributed by atoms with Crippen molar-refractivity contribution in [3.05, 3.63) is 89.3 Å². The number of amides is 1. The maximum atomic E-state index is 13.5. The van der Waals surface area contributed by atoms with Gasteiger partial charge in [-0.1, -0.05) is 51.1 Å². The lowest BCUT2D eigenvalue weighted by molar-refractivity contribution is -0.125. The van der Waals surface area contributed by atoms with Crippen LogP contribution in [0.15, 0.2) is 69.8 Å². The van der Waals surface area contributed by atoms with Gasteiger partial charge in [0.05, 0.1) is 18.8 Å². The highest BCUT2D eigenvalue weighted by molar-refractivity contribution is 6.09. The minimum Gasteiger partial charge on any atom is -0.495 e. The molecule has 234 valence electrons. The van der Waals surface area contributed by atoms with Gasteiger partial charge in [0, 0.05) is 45.4 Å². The van der Waals surface area contributed by atoms with Gasteiger partial charge in [-0.3, -0.25) is 4.79 Å². The van der Waals surface area contributed by atoms with E-state index < -0.39 is 17.7 Å². The highest BCUT2D eigenvalue weighted by Crippen LogP contribution is 2.61. The number of nitrogens with one attached hydrogen (secondary N) is 3. The predicted octanol–water partition coefficient (Wildman–Crippen LogP) is 6.95. The van der Waals surface area contributed by atoms with Crippen molar-refractivity contribution in [1.29, 1.82) is 0 Å². The topological polar surface area (TPSA) is 127 Å². The van der Waals surface area contributed by atoms with Gasteiger partial charge in [-0.2, -0.15) is 0 Å². The fourth-order valence-electron chi connectivity index (χ4n) is 8.11. The molecular weight excluding hydrogens is 594 g/mol. The summed E-state index contributed by atoms with van der Waals surface area (Å²) in [6.07, 6.45) is 3.69. The maximum absolute atomic E-state index is 13.5. The third kappa shape index (κ3) is 3.32. The molecule has 10 rings (SSSR count). The van der Waals surface area contributed by atoms with E-state index in [0.717, 1.165) is 61.5 Å². The molecule has 4 aliphatic heterocycles. The van der Waals surface area contributed by atoms with E-state index in [1.807, 2.05) is 31.3 Å². The number of para-hydroxylation sites is 1. The van der Waals surface area contributed by atoms with Crippen molar-refractivity contribution in [3.63, 3.8) is 0 Å². The second-order valence-electron chi connectivity index (χ2n) is 13.4. The van der Waals surface area contributed by atoms with Crippen LogP contribution in [0.4, 0.5) is 5.69 Å². The van der Waals surface area contributed by atoms with Gasteiger partial charge in [0.1, 0.15) is 23.0 Å². The van der Waals surface area contributed by atoms with Crippen molar-refractivity contribution >= 4 is 22.5 Å². The summed E-state index contributed by atoms with van der Waals surface area (Å²) in [6, 6.07) is 16.2. The zero-order valence-electron chi connectivity index (χ0n) is 26.2. The van der Waals surface area contributed by atoms with Gasteiger partial charge in [-0.25, -0.2) is 9.97 Å². The van der Waals surface area contributed by atoms with Crippen LogP contribution in [0.2, 0.25) is 0 Å². The van der Waals surface area contributed by atoms with Gasteiger partial charge in [0.15, 0.2) is 23.4 Å². The fraction of sp³-hybridized carbons (Fsp3) is 0.270. The number of anilines is 1. The Kier molecular flexibility index (Phi) is 5.14. The Morgan fingerprint density at radius 3 is 2.77 bits per heavy atom. The molecule has 1 amide bonds. The number of hydrogen-bond acceptors (Lipinski definition) is 8. The van der Waals surface area contributed by atoms with E-state index in [1.54, 1.807) is 13.3 Å². The molecule has 4 aliphatic rings. The summed E-state index contributed by atoms with van der Waals surface area (Å²) < 4.78 is 26.2. The Morgan fingerprint density at radius 2 is 1.91 bits per heavy atom. The van der Waals surface area contributed by atoms with Crippen molar-refractivity contribution < 1.29 is 23.1 Å². The molecule has 10 bridgehead atoms. The molecule has 47 heavy (non-hydrogen) atoms. The molecule has 0 saturated heterocycles. The quantitative estimate of drug-likeness (QED) is 0.189. The van der Waals surface area contributed by atoms with Crippen LogP contribution in [0.3, 0.4) is 0 Å². The number of methoxy groups -OCH3 is 1. The zero-order chi connectivity index (χ0) is 31.8. The lowest BCUT2D eigenvalue weighted by atomic mass is 9.72. The molecule has 1 unspecified atom stereocenters. The van der Waals surface area contributed by atoms with Gasteiger partial charge < -0.3 is 33.9 Å². The van der Waals surface area contributed by atoms with Crippen LogP contribution in [0.1, 0.15) is 55.2 Å². The predicted molar refractivity (Wildman–Crippen MR) is 174 cm³/mol. The van der Waals surface area contributed by atoms with Crippen LogP contribution >= 0.6 is 0 Å². The minimum atomic E-state index is -0.939. The van der Waals surface area contributed by atoms with Crippen LogP contribution in [-0.4, -0.2) is 34.2 Å². The van der Waals surface area contributed by atoms with E-state index in [2.05, 4.69) is 59.8 Å². The number of benzene rings is 3. The average molecular weight is 626 g/mol. The number of fused-ring (bicyclic) bond motifs is 7. The molecule has 3 N–H and O–H groups in total. The Hall–Kier alpha value is -5.51. The highest BCUT2D eigenvalue weighted by Gasteiger charge is 2.61. The Labute approximate surface area is 269 Å². The first-order valence-corrected chi connectivity index (χ1v) is 16.0. The van der Waals surface area contributed by atoms with E-state index in [9.17, 15) is 4.79 Å². The van der Waals surface area contributed by atoms with E-state index in [1.165, 1.54) is 0 Å². The molecule has 0 radical (unpaired) electrons. The molecule has 0 aliphatic carbocycles. The summed E-state index contributed by atoms with van der Waals surface area (Å²) in [4.78, 5) is 26.9. The molecule has 0 saturated carbocycles. The van der Waals surface area contributed by atoms with Gasteiger partial charge in [-0.05, 0) is 41.7 Å². The normalized spacial score (nSPS) is 23.0. The monoisotopic (exact) mass is 625 g/mol.